The van der Waals surface area contributed by atoms with Gasteiger partial charge in [-0.25, -0.2) is 8.42 Å². The number of rotatable bonds is 5. The predicted octanol–water partition coefficient (Wildman–Crippen LogP) is 1.88. The van der Waals surface area contributed by atoms with E-state index < -0.39 is 21.9 Å². The quantitative estimate of drug-likeness (QED) is 0.892. The SMILES string of the molecule is CCOc1ccc(S(=O)(=O)N2CCC[C@@H](C(=O)O)C2)cc1C. The van der Waals surface area contributed by atoms with Gasteiger partial charge in [-0.3, -0.25) is 4.79 Å². The molecule has 1 atom stereocenters. The van der Waals surface area contributed by atoms with Gasteiger partial charge in [-0.2, -0.15) is 4.31 Å². The molecule has 1 aliphatic rings. The molecule has 22 heavy (non-hydrogen) atoms. The van der Waals surface area contributed by atoms with E-state index in [1.807, 2.05) is 6.92 Å². The van der Waals surface area contributed by atoms with Gasteiger partial charge in [0, 0.05) is 13.1 Å². The van der Waals surface area contributed by atoms with Gasteiger partial charge in [0.15, 0.2) is 0 Å². The van der Waals surface area contributed by atoms with Crippen molar-refractivity contribution in [2.75, 3.05) is 19.7 Å². The lowest BCUT2D eigenvalue weighted by Gasteiger charge is -2.30. The maximum Gasteiger partial charge on any atom is 0.307 e. The van der Waals surface area contributed by atoms with Crippen molar-refractivity contribution in [1.82, 2.24) is 4.31 Å². The lowest BCUT2D eigenvalue weighted by atomic mass is 10.0. The highest BCUT2D eigenvalue weighted by Gasteiger charge is 2.33. The molecule has 1 heterocycles. The molecule has 1 N–H and O–H groups in total. The van der Waals surface area contributed by atoms with E-state index in [1.54, 1.807) is 19.1 Å². The van der Waals surface area contributed by atoms with Gasteiger partial charge in [0.25, 0.3) is 0 Å². The van der Waals surface area contributed by atoms with Crippen molar-refractivity contribution in [3.8, 4) is 5.75 Å². The van der Waals surface area contributed by atoms with Crippen molar-refractivity contribution in [3.05, 3.63) is 23.8 Å². The highest BCUT2D eigenvalue weighted by Crippen LogP contribution is 2.27. The number of ether oxygens (including phenoxy) is 1. The second-order valence-electron chi connectivity index (χ2n) is 5.40. The number of carboxylic acid groups (broad SMARTS) is 1. The monoisotopic (exact) mass is 327 g/mol. The third-order valence-electron chi connectivity index (χ3n) is 3.82. The molecule has 6 nitrogen and oxygen atoms in total. The summed E-state index contributed by atoms with van der Waals surface area (Å²) in [6.45, 7) is 4.56. The molecule has 0 saturated carbocycles. The van der Waals surface area contributed by atoms with Gasteiger partial charge in [0.1, 0.15) is 5.75 Å². The number of carboxylic acids is 1. The van der Waals surface area contributed by atoms with Crippen molar-refractivity contribution in [2.45, 2.75) is 31.6 Å². The third kappa shape index (κ3) is 3.41. The van der Waals surface area contributed by atoms with Crippen LogP contribution in [0.15, 0.2) is 23.1 Å². The Kier molecular flexibility index (Phi) is 5.08. The van der Waals surface area contributed by atoms with E-state index in [-0.39, 0.29) is 11.4 Å². The second-order valence-corrected chi connectivity index (χ2v) is 7.34. The number of carbonyl (C=O) groups is 1. The Balaban J connectivity index is 2.26. The molecule has 2 rings (SSSR count). The topological polar surface area (TPSA) is 83.9 Å². The number of piperidine rings is 1. The maximum absolute atomic E-state index is 12.7. The lowest BCUT2D eigenvalue weighted by Crippen LogP contribution is -2.42. The molecule has 1 saturated heterocycles. The van der Waals surface area contributed by atoms with Gasteiger partial charge >= 0.3 is 5.97 Å². The van der Waals surface area contributed by atoms with Crippen molar-refractivity contribution in [2.24, 2.45) is 5.92 Å². The Bertz CT molecular complexity index is 656. The highest BCUT2D eigenvalue weighted by molar-refractivity contribution is 7.89. The summed E-state index contributed by atoms with van der Waals surface area (Å²) in [4.78, 5) is 11.3. The van der Waals surface area contributed by atoms with Gasteiger partial charge in [-0.05, 0) is 50.5 Å². The maximum atomic E-state index is 12.7. The molecule has 0 amide bonds. The minimum Gasteiger partial charge on any atom is -0.494 e. The van der Waals surface area contributed by atoms with Crippen LogP contribution in [-0.2, 0) is 14.8 Å². The van der Waals surface area contributed by atoms with Crippen molar-refractivity contribution in [3.63, 3.8) is 0 Å². The van der Waals surface area contributed by atoms with Crippen molar-refractivity contribution < 1.29 is 23.1 Å². The van der Waals surface area contributed by atoms with Crippen LogP contribution < -0.4 is 4.74 Å². The third-order valence-corrected chi connectivity index (χ3v) is 5.68. The Morgan fingerprint density at radius 1 is 1.45 bits per heavy atom. The molecule has 1 aromatic carbocycles. The average Bonchev–Trinajstić information content (AvgIpc) is 2.49. The summed E-state index contributed by atoms with van der Waals surface area (Å²) in [5, 5.41) is 9.09. The normalized spacial score (nSPS) is 19.8. The van der Waals surface area contributed by atoms with E-state index in [0.29, 0.717) is 31.7 Å². The van der Waals surface area contributed by atoms with Gasteiger partial charge in [-0.15, -0.1) is 0 Å². The number of hydrogen-bond acceptors (Lipinski definition) is 4. The zero-order valence-corrected chi connectivity index (χ0v) is 13.6. The molecule has 0 aromatic heterocycles. The number of benzene rings is 1. The molecule has 0 spiro atoms. The fourth-order valence-electron chi connectivity index (χ4n) is 2.61. The van der Waals surface area contributed by atoms with Gasteiger partial charge in [-0.1, -0.05) is 0 Å². The summed E-state index contributed by atoms with van der Waals surface area (Å²) >= 11 is 0. The molecular formula is C15H21NO5S. The minimum atomic E-state index is -3.67. The minimum absolute atomic E-state index is 0.0317. The summed E-state index contributed by atoms with van der Waals surface area (Å²) in [6.07, 6.45) is 1.08. The smallest absolute Gasteiger partial charge is 0.307 e. The fraction of sp³-hybridized carbons (Fsp3) is 0.533. The second kappa shape index (κ2) is 6.66. The lowest BCUT2D eigenvalue weighted by molar-refractivity contribution is -0.142. The Morgan fingerprint density at radius 2 is 2.18 bits per heavy atom. The van der Waals surface area contributed by atoms with Crippen LogP contribution in [0.2, 0.25) is 0 Å². The molecule has 1 aliphatic heterocycles. The van der Waals surface area contributed by atoms with Crippen LogP contribution in [0.25, 0.3) is 0 Å². The van der Waals surface area contributed by atoms with E-state index in [9.17, 15) is 13.2 Å². The van der Waals surface area contributed by atoms with Crippen LogP contribution in [-0.4, -0.2) is 43.5 Å². The number of sulfonamides is 1. The molecule has 1 aromatic rings. The first-order chi connectivity index (χ1) is 10.4. The largest absolute Gasteiger partial charge is 0.494 e. The summed E-state index contributed by atoms with van der Waals surface area (Å²) in [5.41, 5.74) is 0.745. The standard InChI is InChI=1S/C15H21NO5S/c1-3-21-14-7-6-13(9-11(14)2)22(19,20)16-8-4-5-12(10-16)15(17)18/h6-7,9,12H,3-5,8,10H2,1-2H3,(H,17,18)/t12-/m1/s1. The van der Waals surface area contributed by atoms with Crippen molar-refractivity contribution >= 4 is 16.0 Å². The van der Waals surface area contributed by atoms with Crippen LogP contribution in [0.5, 0.6) is 5.75 Å². The first kappa shape index (κ1) is 16.8. The summed E-state index contributed by atoms with van der Waals surface area (Å²) < 4.78 is 32.0. The Morgan fingerprint density at radius 3 is 2.77 bits per heavy atom. The van der Waals surface area contributed by atoms with Crippen molar-refractivity contribution in [1.29, 1.82) is 0 Å². The average molecular weight is 327 g/mol. The summed E-state index contributed by atoms with van der Waals surface area (Å²) in [7, 11) is -3.67. The molecule has 122 valence electrons. The zero-order chi connectivity index (χ0) is 16.3. The molecular weight excluding hydrogens is 306 g/mol. The molecule has 1 fully saturated rings. The number of hydrogen-bond donors (Lipinski definition) is 1. The highest BCUT2D eigenvalue weighted by atomic mass is 32.2. The molecule has 0 radical (unpaired) electrons. The van der Waals surface area contributed by atoms with Gasteiger partial charge in [0.2, 0.25) is 10.0 Å². The summed E-state index contributed by atoms with van der Waals surface area (Å²) in [6, 6.07) is 4.73. The Labute approximate surface area is 130 Å². The van der Waals surface area contributed by atoms with Crippen LogP contribution in [0.4, 0.5) is 0 Å². The molecule has 0 unspecified atom stereocenters. The van der Waals surface area contributed by atoms with Crippen LogP contribution >= 0.6 is 0 Å². The van der Waals surface area contributed by atoms with E-state index in [2.05, 4.69) is 0 Å². The van der Waals surface area contributed by atoms with E-state index in [4.69, 9.17) is 9.84 Å². The van der Waals surface area contributed by atoms with Gasteiger partial charge < -0.3 is 9.84 Å². The van der Waals surface area contributed by atoms with Crippen LogP contribution in [0, 0.1) is 12.8 Å². The predicted molar refractivity (Wildman–Crippen MR) is 81.5 cm³/mol. The van der Waals surface area contributed by atoms with Crippen LogP contribution in [0.3, 0.4) is 0 Å². The van der Waals surface area contributed by atoms with E-state index in [0.717, 1.165) is 5.56 Å². The number of aliphatic carboxylic acids is 1. The summed E-state index contributed by atoms with van der Waals surface area (Å²) in [5.74, 6) is -0.918. The molecule has 0 aliphatic carbocycles. The number of aryl methyl sites for hydroxylation is 1. The molecule has 7 heteroatoms. The van der Waals surface area contributed by atoms with E-state index >= 15 is 0 Å². The van der Waals surface area contributed by atoms with Gasteiger partial charge in [0.05, 0.1) is 17.4 Å². The van der Waals surface area contributed by atoms with Crippen LogP contribution in [0.1, 0.15) is 25.3 Å². The fourth-order valence-corrected chi connectivity index (χ4v) is 4.22. The van der Waals surface area contributed by atoms with E-state index in [1.165, 1.54) is 10.4 Å². The number of nitrogens with zero attached hydrogens (tertiary/aromatic N) is 1. The zero-order valence-electron chi connectivity index (χ0n) is 12.8. The molecule has 0 bridgehead atoms. The first-order valence-corrected chi connectivity index (χ1v) is 8.76. The Hall–Kier alpha value is -1.60. The first-order valence-electron chi connectivity index (χ1n) is 7.32.